The highest BCUT2D eigenvalue weighted by atomic mass is 35.5. The highest BCUT2D eigenvalue weighted by Gasteiger charge is 2.17. The van der Waals surface area contributed by atoms with Crippen molar-refractivity contribution in [2.75, 3.05) is 18.5 Å². The zero-order valence-electron chi connectivity index (χ0n) is 14.4. The maximum Gasteiger partial charge on any atom is 0.263 e. The van der Waals surface area contributed by atoms with Gasteiger partial charge in [0.1, 0.15) is 17.2 Å². The molecule has 0 aliphatic carbocycles. The Balaban J connectivity index is 1.33. The summed E-state index contributed by atoms with van der Waals surface area (Å²) in [6.07, 6.45) is 1.20. The first-order valence-corrected chi connectivity index (χ1v) is 9.82. The Morgan fingerprint density at radius 3 is 2.93 bits per heavy atom. The van der Waals surface area contributed by atoms with E-state index in [4.69, 9.17) is 16.3 Å². The number of ether oxygens (including phenoxy) is 1. The van der Waals surface area contributed by atoms with Gasteiger partial charge in [0.15, 0.2) is 0 Å². The number of benzene rings is 2. The molecule has 0 unspecified atom stereocenters. The van der Waals surface area contributed by atoms with Gasteiger partial charge in [0.25, 0.3) is 5.91 Å². The average molecular weight is 401 g/mol. The lowest BCUT2D eigenvalue weighted by atomic mass is 10.0. The van der Waals surface area contributed by atoms with Gasteiger partial charge in [-0.3, -0.25) is 9.59 Å². The first-order chi connectivity index (χ1) is 13.1. The first-order valence-electron chi connectivity index (χ1n) is 8.62. The minimum absolute atomic E-state index is 0.0405. The third-order valence-corrected chi connectivity index (χ3v) is 6.04. The normalized spacial score (nSPS) is 13.1. The van der Waals surface area contributed by atoms with E-state index >= 15 is 0 Å². The van der Waals surface area contributed by atoms with Crippen molar-refractivity contribution in [2.45, 2.75) is 12.8 Å². The van der Waals surface area contributed by atoms with E-state index in [2.05, 4.69) is 10.6 Å². The van der Waals surface area contributed by atoms with E-state index < -0.39 is 0 Å². The summed E-state index contributed by atoms with van der Waals surface area (Å²) in [7, 11) is 0. The van der Waals surface area contributed by atoms with Gasteiger partial charge in [-0.15, -0.1) is 11.3 Å². The SMILES string of the molecule is O=C1CCc2cc(OCCNC(=O)c3sc4ccccc4c3Cl)ccc2N1. The molecule has 1 aromatic heterocycles. The van der Waals surface area contributed by atoms with Crippen LogP contribution in [0.2, 0.25) is 5.02 Å². The molecule has 1 aliphatic rings. The van der Waals surface area contributed by atoms with Crippen LogP contribution in [-0.4, -0.2) is 25.0 Å². The number of rotatable bonds is 5. The quantitative estimate of drug-likeness (QED) is 0.629. The molecule has 0 radical (unpaired) electrons. The Kier molecular flexibility index (Phi) is 5.01. The smallest absolute Gasteiger partial charge is 0.263 e. The van der Waals surface area contributed by atoms with Gasteiger partial charge in [-0.05, 0) is 36.2 Å². The van der Waals surface area contributed by atoms with Crippen molar-refractivity contribution in [1.29, 1.82) is 0 Å². The second-order valence-electron chi connectivity index (χ2n) is 6.21. The predicted molar refractivity (Wildman–Crippen MR) is 108 cm³/mol. The highest BCUT2D eigenvalue weighted by molar-refractivity contribution is 7.21. The lowest BCUT2D eigenvalue weighted by molar-refractivity contribution is -0.116. The number of anilines is 1. The molecule has 0 atom stereocenters. The monoisotopic (exact) mass is 400 g/mol. The summed E-state index contributed by atoms with van der Waals surface area (Å²) in [6, 6.07) is 13.3. The van der Waals surface area contributed by atoms with Crippen LogP contribution in [0.4, 0.5) is 5.69 Å². The number of hydrogen-bond donors (Lipinski definition) is 2. The third kappa shape index (κ3) is 3.77. The van der Waals surface area contributed by atoms with Gasteiger partial charge < -0.3 is 15.4 Å². The van der Waals surface area contributed by atoms with Gasteiger partial charge in [-0.2, -0.15) is 0 Å². The Morgan fingerprint density at radius 2 is 2.07 bits per heavy atom. The molecule has 0 saturated heterocycles. The molecule has 2 aromatic carbocycles. The number of nitrogens with one attached hydrogen (secondary N) is 2. The second-order valence-corrected chi connectivity index (χ2v) is 7.64. The van der Waals surface area contributed by atoms with E-state index in [1.54, 1.807) is 0 Å². The predicted octanol–water partition coefficient (Wildman–Crippen LogP) is 4.25. The number of amides is 2. The van der Waals surface area contributed by atoms with Crippen LogP contribution in [0.3, 0.4) is 0 Å². The number of halogens is 1. The van der Waals surface area contributed by atoms with Gasteiger partial charge in [0.05, 0.1) is 11.6 Å². The fourth-order valence-electron chi connectivity index (χ4n) is 3.02. The molecule has 0 bridgehead atoms. The van der Waals surface area contributed by atoms with Crippen LogP contribution in [0.1, 0.15) is 21.7 Å². The summed E-state index contributed by atoms with van der Waals surface area (Å²) in [5.74, 6) is 0.566. The fraction of sp³-hybridized carbons (Fsp3) is 0.200. The third-order valence-electron chi connectivity index (χ3n) is 4.37. The van der Waals surface area contributed by atoms with Crippen molar-refractivity contribution >= 4 is 50.5 Å². The minimum Gasteiger partial charge on any atom is -0.492 e. The Hall–Kier alpha value is -2.57. The van der Waals surface area contributed by atoms with Crippen molar-refractivity contribution in [1.82, 2.24) is 5.32 Å². The molecule has 0 fully saturated rings. The number of carbonyl (C=O) groups is 2. The van der Waals surface area contributed by atoms with Crippen LogP contribution in [0.5, 0.6) is 5.75 Å². The van der Waals surface area contributed by atoms with Crippen molar-refractivity contribution in [3.8, 4) is 5.75 Å². The average Bonchev–Trinajstić information content (AvgIpc) is 3.02. The molecule has 3 aromatic rings. The molecule has 0 saturated carbocycles. The summed E-state index contributed by atoms with van der Waals surface area (Å²) < 4.78 is 6.71. The van der Waals surface area contributed by atoms with Gasteiger partial charge in [-0.1, -0.05) is 29.8 Å². The topological polar surface area (TPSA) is 67.4 Å². The zero-order chi connectivity index (χ0) is 18.8. The standard InChI is InChI=1S/C20H17ClN2O3S/c21-18-14-3-1-2-4-16(14)27-19(18)20(25)22-9-10-26-13-6-7-15-12(11-13)5-8-17(24)23-15/h1-4,6-7,11H,5,8-10H2,(H,22,25)(H,23,24). The van der Waals surface area contributed by atoms with Crippen molar-refractivity contribution in [3.63, 3.8) is 0 Å². The molecule has 0 spiro atoms. The van der Waals surface area contributed by atoms with Crippen molar-refractivity contribution < 1.29 is 14.3 Å². The highest BCUT2D eigenvalue weighted by Crippen LogP contribution is 2.35. The lowest BCUT2D eigenvalue weighted by Gasteiger charge is -2.17. The van der Waals surface area contributed by atoms with Crippen LogP contribution in [0.25, 0.3) is 10.1 Å². The summed E-state index contributed by atoms with van der Waals surface area (Å²) in [4.78, 5) is 24.3. The first kappa shape index (κ1) is 17.8. The molecule has 27 heavy (non-hydrogen) atoms. The lowest BCUT2D eigenvalue weighted by Crippen LogP contribution is -2.27. The van der Waals surface area contributed by atoms with E-state index in [0.717, 1.165) is 27.1 Å². The van der Waals surface area contributed by atoms with Gasteiger partial charge >= 0.3 is 0 Å². The number of carbonyl (C=O) groups excluding carboxylic acids is 2. The van der Waals surface area contributed by atoms with E-state index in [0.29, 0.717) is 35.9 Å². The van der Waals surface area contributed by atoms with Crippen LogP contribution >= 0.6 is 22.9 Å². The molecular weight excluding hydrogens is 384 g/mol. The van der Waals surface area contributed by atoms with E-state index in [-0.39, 0.29) is 11.8 Å². The molecule has 138 valence electrons. The number of thiophene rings is 1. The summed E-state index contributed by atoms with van der Waals surface area (Å²) >= 11 is 7.71. The Bertz CT molecular complexity index is 1030. The van der Waals surface area contributed by atoms with Crippen molar-refractivity contribution in [3.05, 3.63) is 57.9 Å². The summed E-state index contributed by atoms with van der Waals surface area (Å²) in [6.45, 7) is 0.719. The summed E-state index contributed by atoms with van der Waals surface area (Å²) in [5.41, 5.74) is 1.90. The maximum atomic E-state index is 12.4. The zero-order valence-corrected chi connectivity index (χ0v) is 16.0. The fourth-order valence-corrected chi connectivity index (χ4v) is 4.46. The number of fused-ring (bicyclic) bond motifs is 2. The Morgan fingerprint density at radius 1 is 1.22 bits per heavy atom. The van der Waals surface area contributed by atoms with Crippen LogP contribution in [-0.2, 0) is 11.2 Å². The molecule has 2 amide bonds. The van der Waals surface area contributed by atoms with E-state index in [1.165, 1.54) is 11.3 Å². The molecule has 2 N–H and O–H groups in total. The molecule has 2 heterocycles. The van der Waals surface area contributed by atoms with Crippen LogP contribution in [0, 0.1) is 0 Å². The molecule has 1 aliphatic heterocycles. The molecule has 4 rings (SSSR count). The maximum absolute atomic E-state index is 12.4. The van der Waals surface area contributed by atoms with Crippen molar-refractivity contribution in [2.24, 2.45) is 0 Å². The Labute approximate surface area is 165 Å². The van der Waals surface area contributed by atoms with Crippen LogP contribution < -0.4 is 15.4 Å². The van der Waals surface area contributed by atoms with Crippen LogP contribution in [0.15, 0.2) is 42.5 Å². The second kappa shape index (κ2) is 7.58. The van der Waals surface area contributed by atoms with Gasteiger partial charge in [0, 0.05) is 22.2 Å². The minimum atomic E-state index is -0.196. The largest absolute Gasteiger partial charge is 0.492 e. The molecule has 5 nitrogen and oxygen atoms in total. The number of aryl methyl sites for hydroxylation is 1. The summed E-state index contributed by atoms with van der Waals surface area (Å²) in [5, 5.41) is 7.07. The number of hydrogen-bond acceptors (Lipinski definition) is 4. The van der Waals surface area contributed by atoms with E-state index in [1.807, 2.05) is 42.5 Å². The molecule has 7 heteroatoms. The van der Waals surface area contributed by atoms with Gasteiger partial charge in [-0.25, -0.2) is 0 Å². The molecular formula is C20H17ClN2O3S. The van der Waals surface area contributed by atoms with E-state index in [9.17, 15) is 9.59 Å². The van der Waals surface area contributed by atoms with Gasteiger partial charge in [0.2, 0.25) is 5.91 Å².